The third-order valence-electron chi connectivity index (χ3n) is 2.90. The number of ether oxygens (including phenoxy) is 1. The number of carbonyl (C=O) groups excluding carboxylic acids is 1. The zero-order chi connectivity index (χ0) is 14.5. The topological polar surface area (TPSA) is 42.4 Å². The number of hydrogen-bond acceptors (Lipinski definition) is 3. The van der Waals surface area contributed by atoms with Gasteiger partial charge in [-0.05, 0) is 29.8 Å². The summed E-state index contributed by atoms with van der Waals surface area (Å²) in [6, 6.07) is 10.8. The van der Waals surface area contributed by atoms with Crippen LogP contribution in [0.3, 0.4) is 0 Å². The number of nitrogens with zero attached hydrogens (tertiary/aromatic N) is 2. The highest BCUT2D eigenvalue weighted by Crippen LogP contribution is 2.14. The van der Waals surface area contributed by atoms with Crippen LogP contribution in [-0.2, 0) is 6.54 Å². The van der Waals surface area contributed by atoms with Crippen LogP contribution in [0.2, 0.25) is 5.15 Å². The van der Waals surface area contributed by atoms with Gasteiger partial charge in [0.2, 0.25) is 0 Å². The van der Waals surface area contributed by atoms with Crippen LogP contribution < -0.4 is 4.74 Å². The van der Waals surface area contributed by atoms with Crippen molar-refractivity contribution in [3.8, 4) is 5.75 Å². The van der Waals surface area contributed by atoms with E-state index in [1.165, 1.54) is 6.20 Å². The predicted octanol–water partition coefficient (Wildman–Crippen LogP) is 3.02. The normalized spacial score (nSPS) is 10.2. The molecule has 0 aliphatic rings. The van der Waals surface area contributed by atoms with Crippen molar-refractivity contribution >= 4 is 17.5 Å². The lowest BCUT2D eigenvalue weighted by molar-refractivity contribution is 0.0785. The van der Waals surface area contributed by atoms with Crippen LogP contribution in [0.1, 0.15) is 15.9 Å². The number of carbonyl (C=O) groups is 1. The summed E-state index contributed by atoms with van der Waals surface area (Å²) in [5.74, 6) is 0.703. The minimum Gasteiger partial charge on any atom is -0.497 e. The first-order valence-electron chi connectivity index (χ1n) is 6.10. The van der Waals surface area contributed by atoms with Gasteiger partial charge in [-0.2, -0.15) is 0 Å². The van der Waals surface area contributed by atoms with Crippen molar-refractivity contribution in [2.75, 3.05) is 14.2 Å². The molecule has 4 nitrogen and oxygen atoms in total. The van der Waals surface area contributed by atoms with Gasteiger partial charge in [0.05, 0.1) is 7.11 Å². The van der Waals surface area contributed by atoms with E-state index in [4.69, 9.17) is 16.3 Å². The lowest BCUT2D eigenvalue weighted by Crippen LogP contribution is -2.26. The largest absolute Gasteiger partial charge is 0.497 e. The molecule has 0 unspecified atom stereocenters. The highest BCUT2D eigenvalue weighted by Gasteiger charge is 2.12. The van der Waals surface area contributed by atoms with Gasteiger partial charge >= 0.3 is 0 Å². The van der Waals surface area contributed by atoms with E-state index in [1.807, 2.05) is 24.3 Å². The van der Waals surface area contributed by atoms with E-state index in [1.54, 1.807) is 31.2 Å². The summed E-state index contributed by atoms with van der Waals surface area (Å²) in [5, 5.41) is 0.314. The molecule has 2 aromatic rings. The molecule has 0 bridgehead atoms. The minimum atomic E-state index is -0.0925. The molecule has 0 atom stereocenters. The highest BCUT2D eigenvalue weighted by atomic mass is 35.5. The number of pyridine rings is 1. The van der Waals surface area contributed by atoms with Crippen molar-refractivity contribution in [2.45, 2.75) is 6.54 Å². The first-order chi connectivity index (χ1) is 9.60. The quantitative estimate of drug-likeness (QED) is 0.813. The Bertz CT molecular complexity index is 599. The van der Waals surface area contributed by atoms with Crippen LogP contribution in [0.15, 0.2) is 42.6 Å². The summed E-state index contributed by atoms with van der Waals surface area (Å²) in [4.78, 5) is 17.7. The first-order valence-corrected chi connectivity index (χ1v) is 6.48. The van der Waals surface area contributed by atoms with Crippen molar-refractivity contribution in [3.05, 3.63) is 58.9 Å². The highest BCUT2D eigenvalue weighted by molar-refractivity contribution is 6.29. The molecule has 20 heavy (non-hydrogen) atoms. The first kappa shape index (κ1) is 14.3. The number of rotatable bonds is 4. The summed E-state index contributed by atoms with van der Waals surface area (Å²) >= 11 is 5.79. The molecule has 0 aliphatic heterocycles. The Balaban J connectivity index is 2.07. The van der Waals surface area contributed by atoms with Crippen molar-refractivity contribution in [3.63, 3.8) is 0 Å². The summed E-state index contributed by atoms with van der Waals surface area (Å²) in [5.41, 5.74) is 1.56. The van der Waals surface area contributed by atoms with Gasteiger partial charge in [-0.25, -0.2) is 4.98 Å². The lowest BCUT2D eigenvalue weighted by atomic mass is 10.2. The number of halogens is 1. The SMILES string of the molecule is COc1ccc(CN(C)C(=O)c2ccnc(Cl)c2)cc1. The molecule has 1 heterocycles. The molecule has 0 saturated heterocycles. The lowest BCUT2D eigenvalue weighted by Gasteiger charge is -2.17. The third-order valence-corrected chi connectivity index (χ3v) is 3.11. The third kappa shape index (κ3) is 3.48. The van der Waals surface area contributed by atoms with Crippen molar-refractivity contribution in [1.82, 2.24) is 9.88 Å². The fourth-order valence-electron chi connectivity index (χ4n) is 1.83. The fraction of sp³-hybridized carbons (Fsp3) is 0.200. The molecule has 0 spiro atoms. The molecule has 0 aliphatic carbocycles. The molecule has 0 saturated carbocycles. The van der Waals surface area contributed by atoms with Gasteiger partial charge < -0.3 is 9.64 Å². The molecular weight excluding hydrogens is 276 g/mol. The van der Waals surface area contributed by atoms with Gasteiger partial charge in [0.25, 0.3) is 5.91 Å². The Hall–Kier alpha value is -2.07. The number of aromatic nitrogens is 1. The second-order valence-corrected chi connectivity index (χ2v) is 4.76. The zero-order valence-electron chi connectivity index (χ0n) is 11.3. The summed E-state index contributed by atoms with van der Waals surface area (Å²) in [7, 11) is 3.37. The zero-order valence-corrected chi connectivity index (χ0v) is 12.1. The molecule has 0 N–H and O–H groups in total. The van der Waals surface area contributed by atoms with Crippen LogP contribution >= 0.6 is 11.6 Å². The van der Waals surface area contributed by atoms with Crippen LogP contribution in [-0.4, -0.2) is 29.9 Å². The van der Waals surface area contributed by atoms with Crippen LogP contribution in [0.5, 0.6) is 5.75 Å². The van der Waals surface area contributed by atoms with Gasteiger partial charge in [0.15, 0.2) is 0 Å². The molecule has 0 fully saturated rings. The Morgan fingerprint density at radius 3 is 2.60 bits per heavy atom. The molecule has 5 heteroatoms. The van der Waals surface area contributed by atoms with E-state index in [-0.39, 0.29) is 5.91 Å². The van der Waals surface area contributed by atoms with Gasteiger partial charge in [0.1, 0.15) is 10.9 Å². The number of hydrogen-bond donors (Lipinski definition) is 0. The van der Waals surface area contributed by atoms with E-state index < -0.39 is 0 Å². The van der Waals surface area contributed by atoms with Crippen molar-refractivity contribution < 1.29 is 9.53 Å². The standard InChI is InChI=1S/C15H15ClN2O2/c1-18(10-11-3-5-13(20-2)6-4-11)15(19)12-7-8-17-14(16)9-12/h3-9H,10H2,1-2H3. The summed E-state index contributed by atoms with van der Waals surface area (Å²) in [6.45, 7) is 0.517. The van der Waals surface area contributed by atoms with Crippen molar-refractivity contribution in [1.29, 1.82) is 0 Å². The van der Waals surface area contributed by atoms with E-state index in [9.17, 15) is 4.79 Å². The number of methoxy groups -OCH3 is 1. The average Bonchev–Trinajstić information content (AvgIpc) is 2.47. The maximum absolute atomic E-state index is 12.2. The Labute approximate surface area is 123 Å². The van der Waals surface area contributed by atoms with Crippen LogP contribution in [0, 0.1) is 0 Å². The monoisotopic (exact) mass is 290 g/mol. The van der Waals surface area contributed by atoms with Crippen LogP contribution in [0.25, 0.3) is 0 Å². The molecular formula is C15H15ClN2O2. The summed E-state index contributed by atoms with van der Waals surface area (Å²) in [6.07, 6.45) is 1.52. The molecule has 1 aromatic carbocycles. The average molecular weight is 291 g/mol. The fourth-order valence-corrected chi connectivity index (χ4v) is 2.01. The molecule has 1 aromatic heterocycles. The maximum Gasteiger partial charge on any atom is 0.254 e. The minimum absolute atomic E-state index is 0.0925. The second-order valence-electron chi connectivity index (χ2n) is 4.38. The van der Waals surface area contributed by atoms with Crippen LogP contribution in [0.4, 0.5) is 0 Å². The molecule has 104 valence electrons. The van der Waals surface area contributed by atoms with Gasteiger partial charge in [-0.1, -0.05) is 23.7 Å². The molecule has 1 amide bonds. The number of benzene rings is 1. The predicted molar refractivity (Wildman–Crippen MR) is 78.0 cm³/mol. The molecule has 2 rings (SSSR count). The van der Waals surface area contributed by atoms with E-state index in [0.717, 1.165) is 11.3 Å². The maximum atomic E-state index is 12.2. The molecule has 0 radical (unpaired) electrons. The van der Waals surface area contributed by atoms with Gasteiger partial charge in [-0.3, -0.25) is 4.79 Å². The van der Waals surface area contributed by atoms with E-state index in [2.05, 4.69) is 4.98 Å². The van der Waals surface area contributed by atoms with E-state index >= 15 is 0 Å². The number of amides is 1. The van der Waals surface area contributed by atoms with Crippen molar-refractivity contribution in [2.24, 2.45) is 0 Å². The van der Waals surface area contributed by atoms with Gasteiger partial charge in [-0.15, -0.1) is 0 Å². The smallest absolute Gasteiger partial charge is 0.254 e. The van der Waals surface area contributed by atoms with Gasteiger partial charge in [0, 0.05) is 25.4 Å². The van der Waals surface area contributed by atoms with E-state index in [0.29, 0.717) is 17.3 Å². The Morgan fingerprint density at radius 2 is 2.00 bits per heavy atom. The Morgan fingerprint density at radius 1 is 1.30 bits per heavy atom. The second kappa shape index (κ2) is 6.39. The Kier molecular flexibility index (Phi) is 4.58. The summed E-state index contributed by atoms with van der Waals surface area (Å²) < 4.78 is 5.10.